The quantitative estimate of drug-likeness (QED) is 0.759. The van der Waals surface area contributed by atoms with Gasteiger partial charge in [0.2, 0.25) is 0 Å². The first-order valence-corrected chi connectivity index (χ1v) is 7.23. The van der Waals surface area contributed by atoms with Gasteiger partial charge in [-0.1, -0.05) is 24.3 Å². The summed E-state index contributed by atoms with van der Waals surface area (Å²) in [4.78, 5) is 0. The minimum Gasteiger partial charge on any atom is -0.504 e. The first-order valence-electron chi connectivity index (χ1n) is 7.23. The Balaban J connectivity index is 2.45. The highest BCUT2D eigenvalue weighted by molar-refractivity contribution is 6.03. The molecule has 0 aliphatic heterocycles. The highest BCUT2D eigenvalue weighted by Gasteiger charge is 2.20. The summed E-state index contributed by atoms with van der Waals surface area (Å²) in [5, 5.41) is 22.9. The Labute approximate surface area is 134 Å². The Morgan fingerprint density at radius 3 is 2.17 bits per heavy atom. The Bertz CT molecular complexity index is 884. The average Bonchev–Trinajstić information content (AvgIpc) is 2.56. The average molecular weight is 310 g/mol. The summed E-state index contributed by atoms with van der Waals surface area (Å²) in [6, 6.07) is 13.0. The van der Waals surface area contributed by atoms with Crippen molar-refractivity contribution in [2.45, 2.75) is 6.92 Å². The van der Waals surface area contributed by atoms with E-state index in [-0.39, 0.29) is 11.5 Å². The van der Waals surface area contributed by atoms with Crippen molar-refractivity contribution >= 4 is 10.8 Å². The van der Waals surface area contributed by atoms with Gasteiger partial charge in [0.1, 0.15) is 0 Å². The standard InChI is InChI=1S/C19H18O4/c1-11-8-14(18(20)15(9-11)22-2)17-13-7-5-4-6-12(13)10-16(23-3)19(17)21/h4-10,20-21H,1-3H3. The van der Waals surface area contributed by atoms with E-state index < -0.39 is 0 Å². The smallest absolute Gasteiger partial charge is 0.166 e. The van der Waals surface area contributed by atoms with E-state index in [1.54, 1.807) is 12.1 Å². The second-order valence-electron chi connectivity index (χ2n) is 5.39. The van der Waals surface area contributed by atoms with E-state index in [4.69, 9.17) is 9.47 Å². The number of hydrogen-bond acceptors (Lipinski definition) is 4. The van der Waals surface area contributed by atoms with Gasteiger partial charge in [0.05, 0.1) is 14.2 Å². The normalized spacial score (nSPS) is 10.7. The van der Waals surface area contributed by atoms with Crippen LogP contribution in [0.15, 0.2) is 42.5 Å². The number of benzene rings is 3. The summed E-state index contributed by atoms with van der Waals surface area (Å²) < 4.78 is 10.5. The predicted molar refractivity (Wildman–Crippen MR) is 90.6 cm³/mol. The number of phenols is 2. The van der Waals surface area contributed by atoms with Crippen LogP contribution in [-0.4, -0.2) is 24.4 Å². The Kier molecular flexibility index (Phi) is 3.74. The fraction of sp³-hybridized carbons (Fsp3) is 0.158. The van der Waals surface area contributed by atoms with Crippen LogP contribution < -0.4 is 9.47 Å². The van der Waals surface area contributed by atoms with E-state index >= 15 is 0 Å². The molecular weight excluding hydrogens is 292 g/mol. The van der Waals surface area contributed by atoms with Crippen molar-refractivity contribution < 1.29 is 19.7 Å². The van der Waals surface area contributed by atoms with E-state index in [2.05, 4.69) is 0 Å². The molecule has 3 aromatic carbocycles. The zero-order valence-corrected chi connectivity index (χ0v) is 13.3. The van der Waals surface area contributed by atoms with Gasteiger partial charge >= 0.3 is 0 Å². The molecule has 0 bridgehead atoms. The van der Waals surface area contributed by atoms with Gasteiger partial charge in [0, 0.05) is 11.1 Å². The lowest BCUT2D eigenvalue weighted by atomic mass is 9.94. The van der Waals surface area contributed by atoms with E-state index in [1.165, 1.54) is 14.2 Å². The van der Waals surface area contributed by atoms with Crippen LogP contribution >= 0.6 is 0 Å². The monoisotopic (exact) mass is 310 g/mol. The van der Waals surface area contributed by atoms with Crippen molar-refractivity contribution in [3.8, 4) is 34.1 Å². The molecule has 3 rings (SSSR count). The van der Waals surface area contributed by atoms with Crippen LogP contribution in [0.4, 0.5) is 0 Å². The predicted octanol–water partition coefficient (Wildman–Crippen LogP) is 4.24. The van der Waals surface area contributed by atoms with Crippen LogP contribution in [0.1, 0.15) is 5.56 Å². The lowest BCUT2D eigenvalue weighted by Crippen LogP contribution is -1.92. The maximum Gasteiger partial charge on any atom is 0.166 e. The Hall–Kier alpha value is -2.88. The molecule has 4 nitrogen and oxygen atoms in total. The first-order chi connectivity index (χ1) is 11.1. The number of ether oxygens (including phenoxy) is 2. The number of aryl methyl sites for hydroxylation is 1. The molecule has 0 radical (unpaired) electrons. The Morgan fingerprint density at radius 2 is 1.48 bits per heavy atom. The lowest BCUT2D eigenvalue weighted by Gasteiger charge is -2.16. The summed E-state index contributed by atoms with van der Waals surface area (Å²) in [5.74, 6) is 0.714. The van der Waals surface area contributed by atoms with Crippen LogP contribution in [0.5, 0.6) is 23.0 Å². The van der Waals surface area contributed by atoms with Gasteiger partial charge in [-0.3, -0.25) is 0 Å². The molecule has 23 heavy (non-hydrogen) atoms. The van der Waals surface area contributed by atoms with Gasteiger partial charge in [0.25, 0.3) is 0 Å². The molecule has 118 valence electrons. The summed E-state index contributed by atoms with van der Waals surface area (Å²) in [6.07, 6.45) is 0. The second-order valence-corrected chi connectivity index (χ2v) is 5.39. The van der Waals surface area contributed by atoms with Gasteiger partial charge < -0.3 is 19.7 Å². The molecule has 0 aromatic heterocycles. The highest BCUT2D eigenvalue weighted by atomic mass is 16.5. The van der Waals surface area contributed by atoms with E-state index in [0.717, 1.165) is 16.3 Å². The van der Waals surface area contributed by atoms with Crippen molar-refractivity contribution in [1.82, 2.24) is 0 Å². The third-order valence-electron chi connectivity index (χ3n) is 3.92. The molecule has 3 aromatic rings. The summed E-state index contributed by atoms with van der Waals surface area (Å²) in [7, 11) is 3.01. The van der Waals surface area contributed by atoms with Crippen molar-refractivity contribution in [2.75, 3.05) is 14.2 Å². The Morgan fingerprint density at radius 1 is 0.826 bits per heavy atom. The van der Waals surface area contributed by atoms with Crippen LogP contribution in [0.3, 0.4) is 0 Å². The van der Waals surface area contributed by atoms with Crippen molar-refractivity contribution in [1.29, 1.82) is 0 Å². The van der Waals surface area contributed by atoms with Crippen molar-refractivity contribution in [2.24, 2.45) is 0 Å². The molecule has 0 unspecified atom stereocenters. The zero-order valence-electron chi connectivity index (χ0n) is 13.3. The fourth-order valence-corrected chi connectivity index (χ4v) is 2.83. The van der Waals surface area contributed by atoms with Gasteiger partial charge in [-0.05, 0) is 41.5 Å². The van der Waals surface area contributed by atoms with Crippen LogP contribution in [0.2, 0.25) is 0 Å². The van der Waals surface area contributed by atoms with E-state index in [0.29, 0.717) is 22.6 Å². The molecule has 2 N–H and O–H groups in total. The number of methoxy groups -OCH3 is 2. The minimum absolute atomic E-state index is 0.00541. The molecule has 0 spiro atoms. The SMILES string of the molecule is COc1cc(C)cc(-c2c(O)c(OC)cc3ccccc23)c1O. The third kappa shape index (κ3) is 2.42. The molecule has 0 atom stereocenters. The number of aromatic hydroxyl groups is 2. The fourth-order valence-electron chi connectivity index (χ4n) is 2.83. The molecule has 0 saturated carbocycles. The molecule has 0 saturated heterocycles. The maximum absolute atomic E-state index is 10.6. The zero-order chi connectivity index (χ0) is 16.6. The number of fused-ring (bicyclic) bond motifs is 1. The maximum atomic E-state index is 10.6. The van der Waals surface area contributed by atoms with Gasteiger partial charge in [0.15, 0.2) is 23.0 Å². The third-order valence-corrected chi connectivity index (χ3v) is 3.92. The summed E-state index contributed by atoms with van der Waals surface area (Å²) >= 11 is 0. The summed E-state index contributed by atoms with van der Waals surface area (Å²) in [6.45, 7) is 1.91. The van der Waals surface area contributed by atoms with Gasteiger partial charge in [-0.25, -0.2) is 0 Å². The van der Waals surface area contributed by atoms with Gasteiger partial charge in [-0.2, -0.15) is 0 Å². The highest BCUT2D eigenvalue weighted by Crippen LogP contribution is 2.48. The van der Waals surface area contributed by atoms with E-state index in [1.807, 2.05) is 37.3 Å². The molecule has 0 aliphatic rings. The van der Waals surface area contributed by atoms with Crippen LogP contribution in [0.25, 0.3) is 21.9 Å². The molecule has 0 fully saturated rings. The molecular formula is C19H18O4. The first kappa shape index (κ1) is 15.0. The topological polar surface area (TPSA) is 58.9 Å². The van der Waals surface area contributed by atoms with E-state index in [9.17, 15) is 10.2 Å². The summed E-state index contributed by atoms with van der Waals surface area (Å²) in [5.41, 5.74) is 1.95. The second kappa shape index (κ2) is 5.72. The molecule has 0 aliphatic carbocycles. The lowest BCUT2D eigenvalue weighted by molar-refractivity contribution is 0.371. The molecule has 0 amide bonds. The number of hydrogen-bond donors (Lipinski definition) is 2. The molecule has 0 heterocycles. The van der Waals surface area contributed by atoms with Gasteiger partial charge in [-0.15, -0.1) is 0 Å². The van der Waals surface area contributed by atoms with Crippen molar-refractivity contribution in [3.63, 3.8) is 0 Å². The number of phenolic OH excluding ortho intramolecular Hbond substituents is 2. The minimum atomic E-state index is -0.00759. The largest absolute Gasteiger partial charge is 0.504 e. The molecule has 4 heteroatoms. The van der Waals surface area contributed by atoms with Crippen molar-refractivity contribution in [3.05, 3.63) is 48.0 Å². The van der Waals surface area contributed by atoms with Crippen LogP contribution in [-0.2, 0) is 0 Å². The van der Waals surface area contributed by atoms with Crippen LogP contribution in [0, 0.1) is 6.92 Å². The number of rotatable bonds is 3.